The fraction of sp³-hybridized carbons (Fsp3) is 0.636. The first-order valence-electron chi connectivity index (χ1n) is 11.3. The number of aromatic nitrogens is 4. The molecule has 0 aromatic carbocycles. The Bertz CT molecular complexity index is 1080. The Morgan fingerprint density at radius 3 is 2.43 bits per heavy atom. The maximum absolute atomic E-state index is 5.59. The van der Waals surface area contributed by atoms with Crippen molar-refractivity contribution in [3.05, 3.63) is 11.1 Å². The molecule has 0 spiro atoms. The van der Waals surface area contributed by atoms with Crippen LogP contribution in [0.3, 0.4) is 0 Å². The van der Waals surface area contributed by atoms with Crippen LogP contribution in [0.5, 0.6) is 0 Å². The number of ether oxygens (including phenoxy) is 1. The molecule has 0 amide bonds. The van der Waals surface area contributed by atoms with Gasteiger partial charge in [0.05, 0.1) is 13.2 Å². The number of hydrogen-bond acceptors (Lipinski definition) is 8. The van der Waals surface area contributed by atoms with Crippen molar-refractivity contribution in [3.8, 4) is 0 Å². The normalized spacial score (nSPS) is 20.8. The lowest BCUT2D eigenvalue weighted by Crippen LogP contribution is -2.37. The summed E-state index contributed by atoms with van der Waals surface area (Å²) < 4.78 is 6.75. The van der Waals surface area contributed by atoms with E-state index >= 15 is 0 Å². The van der Waals surface area contributed by atoms with Crippen LogP contribution in [0.1, 0.15) is 43.7 Å². The van der Waals surface area contributed by atoms with Crippen LogP contribution in [-0.2, 0) is 17.6 Å². The molecule has 0 bridgehead atoms. The van der Waals surface area contributed by atoms with Crippen molar-refractivity contribution in [1.82, 2.24) is 20.4 Å². The standard InChI is InChI=1S/C22H28N6OS/c1-14-6-8-27(9-7-14)21-19-18(24-26-25-21)17-15-4-2-3-5-16(15)20(23-22(17)30-19)28-10-12-29-13-11-28/h14H,2-13H2,1H3. The molecule has 0 saturated carbocycles. The number of rotatable bonds is 2. The Balaban J connectivity index is 1.53. The molecule has 0 unspecified atom stereocenters. The van der Waals surface area contributed by atoms with Gasteiger partial charge in [-0.2, -0.15) is 0 Å². The number of piperidine rings is 1. The van der Waals surface area contributed by atoms with E-state index in [9.17, 15) is 0 Å². The minimum absolute atomic E-state index is 0.786. The van der Waals surface area contributed by atoms with Crippen LogP contribution < -0.4 is 9.80 Å². The van der Waals surface area contributed by atoms with E-state index in [0.29, 0.717) is 0 Å². The highest BCUT2D eigenvalue weighted by Crippen LogP contribution is 2.43. The SMILES string of the molecule is CC1CCN(c2nnnc3c2sc2nc(N4CCOCC4)c4c(c23)CCCC4)CC1. The predicted molar refractivity (Wildman–Crippen MR) is 121 cm³/mol. The van der Waals surface area contributed by atoms with Crippen LogP contribution in [0.15, 0.2) is 0 Å². The highest BCUT2D eigenvalue weighted by atomic mass is 32.1. The van der Waals surface area contributed by atoms with Crippen molar-refractivity contribution in [2.24, 2.45) is 5.92 Å². The van der Waals surface area contributed by atoms with E-state index < -0.39 is 0 Å². The summed E-state index contributed by atoms with van der Waals surface area (Å²) in [5, 5.41) is 14.5. The fourth-order valence-electron chi connectivity index (χ4n) is 5.22. The summed E-state index contributed by atoms with van der Waals surface area (Å²) in [6.07, 6.45) is 7.12. The number of morpholine rings is 1. The van der Waals surface area contributed by atoms with E-state index in [2.05, 4.69) is 32.1 Å². The van der Waals surface area contributed by atoms with Crippen molar-refractivity contribution in [1.29, 1.82) is 0 Å². The van der Waals surface area contributed by atoms with E-state index in [1.165, 1.54) is 48.0 Å². The topological polar surface area (TPSA) is 67.3 Å². The van der Waals surface area contributed by atoms with Crippen LogP contribution in [0.2, 0.25) is 0 Å². The summed E-state index contributed by atoms with van der Waals surface area (Å²) in [6.45, 7) is 7.86. The molecule has 1 aliphatic carbocycles. The third-order valence-electron chi connectivity index (χ3n) is 6.99. The first-order chi connectivity index (χ1) is 14.8. The molecular formula is C22H28N6OS. The molecule has 0 atom stereocenters. The fourth-order valence-corrected chi connectivity index (χ4v) is 6.37. The minimum atomic E-state index is 0.786. The van der Waals surface area contributed by atoms with Crippen molar-refractivity contribution in [2.75, 3.05) is 49.2 Å². The number of pyridine rings is 1. The van der Waals surface area contributed by atoms with E-state index in [0.717, 1.165) is 79.0 Å². The first kappa shape index (κ1) is 18.7. The number of hydrogen-bond donors (Lipinski definition) is 0. The molecule has 30 heavy (non-hydrogen) atoms. The number of nitrogens with zero attached hydrogens (tertiary/aromatic N) is 6. The highest BCUT2D eigenvalue weighted by molar-refractivity contribution is 7.26. The Labute approximate surface area is 180 Å². The predicted octanol–water partition coefficient (Wildman–Crippen LogP) is 3.59. The third-order valence-corrected chi connectivity index (χ3v) is 8.06. The molecular weight excluding hydrogens is 396 g/mol. The second kappa shape index (κ2) is 7.57. The van der Waals surface area contributed by atoms with Gasteiger partial charge < -0.3 is 14.5 Å². The van der Waals surface area contributed by atoms with Crippen molar-refractivity contribution < 1.29 is 4.74 Å². The number of fused-ring (bicyclic) bond motifs is 5. The zero-order chi connectivity index (χ0) is 20.1. The monoisotopic (exact) mass is 424 g/mol. The Morgan fingerprint density at radius 2 is 1.63 bits per heavy atom. The minimum Gasteiger partial charge on any atom is -0.378 e. The Morgan fingerprint density at radius 1 is 0.900 bits per heavy atom. The summed E-state index contributed by atoms with van der Waals surface area (Å²) in [4.78, 5) is 11.2. The molecule has 3 aliphatic rings. The molecule has 2 fully saturated rings. The van der Waals surface area contributed by atoms with Gasteiger partial charge in [0.25, 0.3) is 0 Å². The maximum atomic E-state index is 5.59. The van der Waals surface area contributed by atoms with Crippen LogP contribution in [-0.4, -0.2) is 59.8 Å². The molecule has 0 N–H and O–H groups in total. The van der Waals surface area contributed by atoms with Gasteiger partial charge in [0.1, 0.15) is 20.9 Å². The van der Waals surface area contributed by atoms with Crippen molar-refractivity contribution in [3.63, 3.8) is 0 Å². The summed E-state index contributed by atoms with van der Waals surface area (Å²) in [5.41, 5.74) is 3.90. The van der Waals surface area contributed by atoms with Crippen molar-refractivity contribution in [2.45, 2.75) is 45.4 Å². The van der Waals surface area contributed by atoms with Gasteiger partial charge >= 0.3 is 0 Å². The quantitative estimate of drug-likeness (QED) is 0.623. The van der Waals surface area contributed by atoms with Gasteiger partial charge in [0.2, 0.25) is 0 Å². The summed E-state index contributed by atoms with van der Waals surface area (Å²) in [6, 6.07) is 0. The van der Waals surface area contributed by atoms with Gasteiger partial charge in [-0.1, -0.05) is 6.92 Å². The Kier molecular flexibility index (Phi) is 4.71. The lowest BCUT2D eigenvalue weighted by atomic mass is 9.90. The molecule has 2 aliphatic heterocycles. The summed E-state index contributed by atoms with van der Waals surface area (Å²) >= 11 is 1.76. The largest absolute Gasteiger partial charge is 0.378 e. The smallest absolute Gasteiger partial charge is 0.172 e. The highest BCUT2D eigenvalue weighted by Gasteiger charge is 2.28. The lowest BCUT2D eigenvalue weighted by Gasteiger charge is -2.31. The van der Waals surface area contributed by atoms with E-state index in [4.69, 9.17) is 9.72 Å². The van der Waals surface area contributed by atoms with Crippen LogP contribution in [0, 0.1) is 5.92 Å². The number of aryl methyl sites for hydroxylation is 1. The molecule has 3 aromatic heterocycles. The first-order valence-corrected chi connectivity index (χ1v) is 12.2. The molecule has 7 nitrogen and oxygen atoms in total. The van der Waals surface area contributed by atoms with Gasteiger partial charge in [-0.05, 0) is 60.8 Å². The second-order valence-corrected chi connectivity index (χ2v) is 9.94. The van der Waals surface area contributed by atoms with Gasteiger partial charge in [-0.25, -0.2) is 4.98 Å². The molecule has 2 saturated heterocycles. The van der Waals surface area contributed by atoms with Crippen molar-refractivity contribution >= 4 is 43.4 Å². The zero-order valence-corrected chi connectivity index (χ0v) is 18.4. The second-order valence-electron chi connectivity index (χ2n) is 8.94. The number of thiophene rings is 1. The molecule has 8 heteroatoms. The van der Waals surface area contributed by atoms with E-state index in [1.807, 2.05) is 0 Å². The van der Waals surface area contributed by atoms with E-state index in [1.54, 1.807) is 11.3 Å². The summed E-state index contributed by atoms with van der Waals surface area (Å²) in [7, 11) is 0. The van der Waals surface area contributed by atoms with Gasteiger partial charge in [0.15, 0.2) is 5.82 Å². The molecule has 6 rings (SSSR count). The maximum Gasteiger partial charge on any atom is 0.172 e. The average molecular weight is 425 g/mol. The van der Waals surface area contributed by atoms with Gasteiger partial charge in [-0.3, -0.25) is 0 Å². The van der Waals surface area contributed by atoms with E-state index in [-0.39, 0.29) is 0 Å². The van der Waals surface area contributed by atoms with Crippen LogP contribution in [0.4, 0.5) is 11.6 Å². The van der Waals surface area contributed by atoms with Crippen LogP contribution in [0.25, 0.3) is 20.4 Å². The Hall–Kier alpha value is -2.06. The number of anilines is 2. The van der Waals surface area contributed by atoms with Gasteiger partial charge in [0, 0.05) is 31.6 Å². The average Bonchev–Trinajstić information content (AvgIpc) is 3.19. The zero-order valence-electron chi connectivity index (χ0n) is 17.6. The lowest BCUT2D eigenvalue weighted by molar-refractivity contribution is 0.122. The molecule has 5 heterocycles. The molecule has 0 radical (unpaired) electrons. The summed E-state index contributed by atoms with van der Waals surface area (Å²) in [5.74, 6) is 2.98. The van der Waals surface area contributed by atoms with Crippen LogP contribution >= 0.6 is 11.3 Å². The molecule has 158 valence electrons. The van der Waals surface area contributed by atoms with Gasteiger partial charge in [-0.15, -0.1) is 21.5 Å². The molecule has 3 aromatic rings. The third kappa shape index (κ3) is 3.03.